The Bertz CT molecular complexity index is 187. The van der Waals surface area contributed by atoms with E-state index in [-0.39, 0.29) is 11.5 Å². The van der Waals surface area contributed by atoms with E-state index >= 15 is 0 Å². The molecule has 1 saturated heterocycles. The average Bonchev–Trinajstić information content (AvgIpc) is 2.69. The first-order valence-corrected chi connectivity index (χ1v) is 4.20. The van der Waals surface area contributed by atoms with Crippen LogP contribution in [0.4, 0.5) is 0 Å². The smallest absolute Gasteiger partial charge is 0.306 e. The molecule has 1 heterocycles. The van der Waals surface area contributed by atoms with E-state index < -0.39 is 5.97 Å². The van der Waals surface area contributed by atoms with E-state index in [0.29, 0.717) is 0 Å². The van der Waals surface area contributed by atoms with Crippen molar-refractivity contribution in [3.63, 3.8) is 0 Å². The summed E-state index contributed by atoms with van der Waals surface area (Å²) in [5, 5.41) is 12.2. The van der Waals surface area contributed by atoms with Gasteiger partial charge < -0.3 is 10.4 Å². The highest BCUT2D eigenvalue weighted by Crippen LogP contribution is 2.43. The molecule has 1 unspecified atom stereocenters. The molecule has 1 spiro atoms. The molecule has 0 aromatic heterocycles. The van der Waals surface area contributed by atoms with Gasteiger partial charge in [-0.05, 0) is 32.2 Å². The van der Waals surface area contributed by atoms with Crippen LogP contribution < -0.4 is 5.32 Å². The summed E-state index contributed by atoms with van der Waals surface area (Å²) in [5.74, 6) is -0.698. The van der Waals surface area contributed by atoms with E-state index in [1.54, 1.807) is 0 Å². The van der Waals surface area contributed by atoms with E-state index in [4.69, 9.17) is 5.11 Å². The van der Waals surface area contributed by atoms with Gasteiger partial charge >= 0.3 is 5.97 Å². The molecule has 0 amide bonds. The highest BCUT2D eigenvalue weighted by molar-refractivity contribution is 5.70. The predicted molar refractivity (Wildman–Crippen MR) is 40.3 cm³/mol. The Balaban J connectivity index is 1.98. The lowest BCUT2D eigenvalue weighted by molar-refractivity contribution is -0.143. The maximum atomic E-state index is 10.6. The van der Waals surface area contributed by atoms with Gasteiger partial charge in [-0.1, -0.05) is 0 Å². The Kier molecular flexibility index (Phi) is 1.42. The van der Waals surface area contributed by atoms with Crippen molar-refractivity contribution in [2.75, 3.05) is 6.54 Å². The molecule has 3 heteroatoms. The average molecular weight is 155 g/mol. The van der Waals surface area contributed by atoms with Crippen LogP contribution in [-0.2, 0) is 4.79 Å². The minimum Gasteiger partial charge on any atom is -0.481 e. The lowest BCUT2D eigenvalue weighted by Crippen LogP contribution is -2.42. The SMILES string of the molecule is O=C(O)C1CCNC2(CC2)C1. The van der Waals surface area contributed by atoms with Crippen molar-refractivity contribution in [3.8, 4) is 0 Å². The van der Waals surface area contributed by atoms with Gasteiger partial charge in [0.15, 0.2) is 0 Å². The lowest BCUT2D eigenvalue weighted by Gasteiger charge is -2.27. The zero-order valence-electron chi connectivity index (χ0n) is 6.47. The van der Waals surface area contributed by atoms with Gasteiger partial charge in [0, 0.05) is 5.54 Å². The van der Waals surface area contributed by atoms with Gasteiger partial charge in [0.05, 0.1) is 5.92 Å². The molecular formula is C8H13NO2. The highest BCUT2D eigenvalue weighted by Gasteiger charge is 2.47. The Morgan fingerprint density at radius 1 is 1.55 bits per heavy atom. The van der Waals surface area contributed by atoms with Gasteiger partial charge in [-0.25, -0.2) is 0 Å². The summed E-state index contributed by atoms with van der Waals surface area (Å²) in [4.78, 5) is 10.6. The molecule has 1 atom stereocenters. The fourth-order valence-electron chi connectivity index (χ4n) is 1.90. The number of aliphatic carboxylic acids is 1. The molecule has 0 aromatic rings. The molecular weight excluding hydrogens is 142 g/mol. The number of carboxylic acid groups (broad SMARTS) is 1. The minimum absolute atomic E-state index is 0.0845. The van der Waals surface area contributed by atoms with Crippen molar-refractivity contribution < 1.29 is 9.90 Å². The van der Waals surface area contributed by atoms with E-state index in [1.165, 1.54) is 12.8 Å². The van der Waals surface area contributed by atoms with Crippen molar-refractivity contribution in [2.45, 2.75) is 31.2 Å². The number of piperidine rings is 1. The largest absolute Gasteiger partial charge is 0.481 e. The van der Waals surface area contributed by atoms with Gasteiger partial charge in [-0.15, -0.1) is 0 Å². The molecule has 2 aliphatic rings. The first-order chi connectivity index (χ1) is 5.22. The molecule has 0 bridgehead atoms. The molecule has 0 aromatic carbocycles. The second kappa shape index (κ2) is 2.21. The van der Waals surface area contributed by atoms with Crippen molar-refractivity contribution in [1.82, 2.24) is 5.32 Å². The number of nitrogens with one attached hydrogen (secondary N) is 1. The highest BCUT2D eigenvalue weighted by atomic mass is 16.4. The van der Waals surface area contributed by atoms with Gasteiger partial charge in [-0.2, -0.15) is 0 Å². The van der Waals surface area contributed by atoms with Gasteiger partial charge in [-0.3, -0.25) is 4.79 Å². The third kappa shape index (κ3) is 1.25. The van der Waals surface area contributed by atoms with Crippen LogP contribution in [-0.4, -0.2) is 23.2 Å². The molecule has 1 aliphatic heterocycles. The normalized spacial score (nSPS) is 33.6. The summed E-state index contributed by atoms with van der Waals surface area (Å²) >= 11 is 0. The van der Waals surface area contributed by atoms with Crippen molar-refractivity contribution in [3.05, 3.63) is 0 Å². The van der Waals surface area contributed by atoms with E-state index in [0.717, 1.165) is 19.4 Å². The molecule has 3 nitrogen and oxygen atoms in total. The topological polar surface area (TPSA) is 49.3 Å². The van der Waals surface area contributed by atoms with E-state index in [2.05, 4.69) is 5.32 Å². The Hall–Kier alpha value is -0.570. The predicted octanol–water partition coefficient (Wildman–Crippen LogP) is 0.603. The van der Waals surface area contributed by atoms with Crippen LogP contribution in [0.25, 0.3) is 0 Å². The van der Waals surface area contributed by atoms with Gasteiger partial charge in [0.2, 0.25) is 0 Å². The standard InChI is InChI=1S/C8H13NO2/c10-7(11)6-1-4-9-8(5-6)2-3-8/h6,9H,1-5H2,(H,10,11). The number of rotatable bonds is 1. The van der Waals surface area contributed by atoms with Crippen LogP contribution in [0, 0.1) is 5.92 Å². The summed E-state index contributed by atoms with van der Waals surface area (Å²) in [6.07, 6.45) is 4.01. The molecule has 1 aliphatic carbocycles. The summed E-state index contributed by atoms with van der Waals surface area (Å²) in [5.41, 5.74) is 0.251. The number of hydrogen-bond donors (Lipinski definition) is 2. The summed E-state index contributed by atoms with van der Waals surface area (Å²) in [6, 6.07) is 0. The Labute approximate surface area is 65.8 Å². The second-order valence-corrected chi connectivity index (χ2v) is 3.74. The molecule has 2 rings (SSSR count). The van der Waals surface area contributed by atoms with E-state index in [9.17, 15) is 4.79 Å². The van der Waals surface area contributed by atoms with Crippen LogP contribution >= 0.6 is 0 Å². The van der Waals surface area contributed by atoms with Crippen molar-refractivity contribution in [1.29, 1.82) is 0 Å². The number of carbonyl (C=O) groups is 1. The zero-order chi connectivity index (χ0) is 7.90. The second-order valence-electron chi connectivity index (χ2n) is 3.74. The molecule has 0 radical (unpaired) electrons. The zero-order valence-corrected chi connectivity index (χ0v) is 6.47. The summed E-state index contributed by atoms with van der Waals surface area (Å²) in [7, 11) is 0. The fraction of sp³-hybridized carbons (Fsp3) is 0.875. The summed E-state index contributed by atoms with van der Waals surface area (Å²) in [6.45, 7) is 0.886. The molecule has 1 saturated carbocycles. The minimum atomic E-state index is -0.613. The van der Waals surface area contributed by atoms with Crippen LogP contribution in [0.2, 0.25) is 0 Å². The Morgan fingerprint density at radius 2 is 2.27 bits per heavy atom. The maximum Gasteiger partial charge on any atom is 0.306 e. The van der Waals surface area contributed by atoms with E-state index in [1.807, 2.05) is 0 Å². The van der Waals surface area contributed by atoms with Crippen molar-refractivity contribution in [2.24, 2.45) is 5.92 Å². The Morgan fingerprint density at radius 3 is 2.82 bits per heavy atom. The number of hydrogen-bond acceptors (Lipinski definition) is 2. The molecule has 11 heavy (non-hydrogen) atoms. The monoisotopic (exact) mass is 155 g/mol. The first-order valence-electron chi connectivity index (χ1n) is 4.20. The third-order valence-electron chi connectivity index (χ3n) is 2.83. The third-order valence-corrected chi connectivity index (χ3v) is 2.83. The van der Waals surface area contributed by atoms with Crippen LogP contribution in [0.1, 0.15) is 25.7 Å². The molecule has 62 valence electrons. The summed E-state index contributed by atoms with van der Waals surface area (Å²) < 4.78 is 0. The fourth-order valence-corrected chi connectivity index (χ4v) is 1.90. The lowest BCUT2D eigenvalue weighted by atomic mass is 9.91. The van der Waals surface area contributed by atoms with Gasteiger partial charge in [0.1, 0.15) is 0 Å². The molecule has 2 N–H and O–H groups in total. The quantitative estimate of drug-likeness (QED) is 0.583. The van der Waals surface area contributed by atoms with Gasteiger partial charge in [0.25, 0.3) is 0 Å². The van der Waals surface area contributed by atoms with Crippen molar-refractivity contribution >= 4 is 5.97 Å². The van der Waals surface area contributed by atoms with Crippen LogP contribution in [0.3, 0.4) is 0 Å². The maximum absolute atomic E-state index is 10.6. The first kappa shape index (κ1) is 7.10. The van der Waals surface area contributed by atoms with Crippen LogP contribution in [0.15, 0.2) is 0 Å². The number of carboxylic acids is 1. The molecule has 2 fully saturated rings. The van der Waals surface area contributed by atoms with Crippen LogP contribution in [0.5, 0.6) is 0 Å².